The van der Waals surface area contributed by atoms with Crippen LogP contribution >= 0.6 is 0 Å². The minimum Gasteiger partial charge on any atom is -0.377 e. The van der Waals surface area contributed by atoms with Gasteiger partial charge in [-0.3, -0.25) is 14.6 Å². The van der Waals surface area contributed by atoms with Gasteiger partial charge in [0.05, 0.1) is 0 Å². The summed E-state index contributed by atoms with van der Waals surface area (Å²) in [6.45, 7) is 2.51. The first-order valence-electron chi connectivity index (χ1n) is 8.41. The van der Waals surface area contributed by atoms with Crippen LogP contribution in [0.15, 0.2) is 64.4 Å². The number of pyridine rings is 1. The molecular weight excluding hydrogens is 314 g/mol. The van der Waals surface area contributed by atoms with E-state index in [9.17, 15) is 9.59 Å². The zero-order valence-electron chi connectivity index (χ0n) is 14.2. The van der Waals surface area contributed by atoms with E-state index >= 15 is 0 Å². The molecule has 0 aliphatic rings. The molecule has 5 heteroatoms. The Balaban J connectivity index is 1.58. The Labute approximate surface area is 146 Å². The summed E-state index contributed by atoms with van der Waals surface area (Å²) in [4.78, 5) is 27.7. The van der Waals surface area contributed by atoms with Crippen LogP contribution in [0.1, 0.15) is 24.5 Å². The van der Waals surface area contributed by atoms with Crippen molar-refractivity contribution < 1.29 is 0 Å². The van der Waals surface area contributed by atoms with Gasteiger partial charge in [0.15, 0.2) is 0 Å². The summed E-state index contributed by atoms with van der Waals surface area (Å²) in [7, 11) is 0. The first-order valence-corrected chi connectivity index (χ1v) is 8.41. The van der Waals surface area contributed by atoms with Crippen LogP contribution in [0.25, 0.3) is 0 Å². The van der Waals surface area contributed by atoms with E-state index < -0.39 is 10.9 Å². The lowest BCUT2D eigenvalue weighted by Crippen LogP contribution is -2.39. The summed E-state index contributed by atoms with van der Waals surface area (Å²) in [6, 6.07) is 14.1. The van der Waals surface area contributed by atoms with Crippen LogP contribution in [0, 0.1) is 0 Å². The first kappa shape index (κ1) is 16.9. The van der Waals surface area contributed by atoms with Crippen LogP contribution in [0.2, 0.25) is 0 Å². The van der Waals surface area contributed by atoms with Gasteiger partial charge in [-0.2, -0.15) is 0 Å². The predicted molar refractivity (Wildman–Crippen MR) is 101 cm³/mol. The van der Waals surface area contributed by atoms with E-state index in [0.29, 0.717) is 17.9 Å². The van der Waals surface area contributed by atoms with Crippen molar-refractivity contribution in [3.05, 3.63) is 86.4 Å². The third-order valence-electron chi connectivity index (χ3n) is 4.23. The highest BCUT2D eigenvalue weighted by molar-refractivity contribution is 5.74. The fraction of sp³-hybridized carbons (Fsp3) is 0.250. The Kier molecular flexibility index (Phi) is 5.23. The average molecular weight is 335 g/mol. The van der Waals surface area contributed by atoms with Crippen molar-refractivity contribution in [2.24, 2.45) is 0 Å². The molecule has 1 heterocycles. The average Bonchev–Trinajstić information content (AvgIpc) is 2.67. The molecule has 5 nitrogen and oxygen atoms in total. The SMILES string of the molecule is CC(CCc1ccccc1)Nc1c(NCc2ccncc2)c(=O)c1=O. The Hall–Kier alpha value is -2.95. The summed E-state index contributed by atoms with van der Waals surface area (Å²) in [5.41, 5.74) is 2.16. The maximum atomic E-state index is 11.9. The molecule has 1 aromatic heterocycles. The molecule has 0 saturated carbocycles. The first-order chi connectivity index (χ1) is 12.1. The highest BCUT2D eigenvalue weighted by Crippen LogP contribution is 2.18. The van der Waals surface area contributed by atoms with Gasteiger partial charge in [-0.1, -0.05) is 30.3 Å². The molecule has 0 spiro atoms. The quantitative estimate of drug-likeness (QED) is 0.619. The van der Waals surface area contributed by atoms with Gasteiger partial charge in [0.25, 0.3) is 10.9 Å². The molecule has 0 bridgehead atoms. The third-order valence-corrected chi connectivity index (χ3v) is 4.23. The van der Waals surface area contributed by atoms with E-state index in [1.54, 1.807) is 12.4 Å². The van der Waals surface area contributed by atoms with Crippen LogP contribution in [0.4, 0.5) is 11.4 Å². The topological polar surface area (TPSA) is 71.1 Å². The van der Waals surface area contributed by atoms with Gasteiger partial charge in [-0.15, -0.1) is 0 Å². The van der Waals surface area contributed by atoms with E-state index in [1.807, 2.05) is 37.3 Å². The van der Waals surface area contributed by atoms with Crippen LogP contribution < -0.4 is 21.5 Å². The zero-order chi connectivity index (χ0) is 17.6. The second-order valence-corrected chi connectivity index (χ2v) is 6.19. The number of hydrogen-bond donors (Lipinski definition) is 2. The van der Waals surface area contributed by atoms with E-state index in [4.69, 9.17) is 0 Å². The number of anilines is 2. The highest BCUT2D eigenvalue weighted by atomic mass is 16.2. The Bertz CT molecular complexity index is 884. The summed E-state index contributed by atoms with van der Waals surface area (Å²) < 4.78 is 0. The minimum absolute atomic E-state index is 0.102. The normalized spacial score (nSPS) is 12.0. The van der Waals surface area contributed by atoms with Crippen molar-refractivity contribution >= 4 is 11.4 Å². The van der Waals surface area contributed by atoms with Crippen molar-refractivity contribution in [3.8, 4) is 0 Å². The summed E-state index contributed by atoms with van der Waals surface area (Å²) in [5.74, 6) is 0. The molecule has 25 heavy (non-hydrogen) atoms. The number of nitrogens with zero attached hydrogens (tertiary/aromatic N) is 1. The van der Waals surface area contributed by atoms with Crippen molar-refractivity contribution in [1.82, 2.24) is 4.98 Å². The fourth-order valence-corrected chi connectivity index (χ4v) is 2.74. The third kappa shape index (κ3) is 4.12. The van der Waals surface area contributed by atoms with E-state index in [-0.39, 0.29) is 6.04 Å². The zero-order valence-corrected chi connectivity index (χ0v) is 14.2. The number of nitrogens with one attached hydrogen (secondary N) is 2. The monoisotopic (exact) mass is 335 g/mol. The predicted octanol–water partition coefficient (Wildman–Crippen LogP) is 2.72. The molecule has 0 aliphatic carbocycles. The van der Waals surface area contributed by atoms with E-state index in [1.165, 1.54) is 5.56 Å². The molecule has 0 saturated heterocycles. The molecule has 2 N–H and O–H groups in total. The van der Waals surface area contributed by atoms with E-state index in [2.05, 4.69) is 27.8 Å². The number of hydrogen-bond acceptors (Lipinski definition) is 5. The summed E-state index contributed by atoms with van der Waals surface area (Å²) in [5, 5.41) is 6.25. The van der Waals surface area contributed by atoms with Crippen molar-refractivity contribution in [3.63, 3.8) is 0 Å². The molecule has 1 atom stereocenters. The number of benzene rings is 1. The second-order valence-electron chi connectivity index (χ2n) is 6.19. The molecule has 2 aromatic carbocycles. The highest BCUT2D eigenvalue weighted by Gasteiger charge is 2.21. The molecule has 128 valence electrons. The lowest BCUT2D eigenvalue weighted by Gasteiger charge is -2.19. The Morgan fingerprint density at radius 3 is 2.32 bits per heavy atom. The van der Waals surface area contributed by atoms with Gasteiger partial charge in [-0.05, 0) is 43.0 Å². The van der Waals surface area contributed by atoms with Crippen LogP contribution in [-0.4, -0.2) is 11.0 Å². The van der Waals surface area contributed by atoms with Gasteiger partial charge in [0.2, 0.25) is 0 Å². The van der Waals surface area contributed by atoms with Crippen LogP contribution in [0.5, 0.6) is 0 Å². The van der Waals surface area contributed by atoms with Gasteiger partial charge in [0.1, 0.15) is 11.4 Å². The number of aromatic nitrogens is 1. The van der Waals surface area contributed by atoms with Crippen molar-refractivity contribution in [2.45, 2.75) is 32.4 Å². The van der Waals surface area contributed by atoms with Crippen LogP contribution in [0.3, 0.4) is 0 Å². The standard InChI is InChI=1S/C20H21N3O2/c1-14(7-8-15-5-3-2-4-6-15)23-18-17(19(24)20(18)25)22-13-16-9-11-21-12-10-16/h2-6,9-12,14,22-23H,7-8,13H2,1H3. The van der Waals surface area contributed by atoms with Crippen molar-refractivity contribution in [1.29, 1.82) is 0 Å². The maximum Gasteiger partial charge on any atom is 0.253 e. The minimum atomic E-state index is -0.452. The van der Waals surface area contributed by atoms with Gasteiger partial charge >= 0.3 is 0 Å². The Morgan fingerprint density at radius 1 is 0.920 bits per heavy atom. The largest absolute Gasteiger partial charge is 0.377 e. The molecule has 0 fully saturated rings. The molecular formula is C20H21N3O2. The van der Waals surface area contributed by atoms with Crippen molar-refractivity contribution in [2.75, 3.05) is 10.6 Å². The summed E-state index contributed by atoms with van der Waals surface area (Å²) in [6.07, 6.45) is 5.20. The number of aryl methyl sites for hydroxylation is 1. The molecule has 0 aliphatic heterocycles. The molecule has 0 radical (unpaired) electrons. The lowest BCUT2D eigenvalue weighted by molar-refractivity contribution is 0.704. The van der Waals surface area contributed by atoms with Gasteiger partial charge in [0, 0.05) is 25.0 Å². The molecule has 3 rings (SSSR count). The molecule has 1 unspecified atom stereocenters. The second kappa shape index (κ2) is 7.75. The van der Waals surface area contributed by atoms with Crippen LogP contribution in [-0.2, 0) is 13.0 Å². The summed E-state index contributed by atoms with van der Waals surface area (Å²) >= 11 is 0. The van der Waals surface area contributed by atoms with E-state index in [0.717, 1.165) is 18.4 Å². The smallest absolute Gasteiger partial charge is 0.253 e. The lowest BCUT2D eigenvalue weighted by atomic mass is 10.1. The Morgan fingerprint density at radius 2 is 1.60 bits per heavy atom. The molecule has 3 aromatic rings. The fourth-order valence-electron chi connectivity index (χ4n) is 2.74. The number of rotatable bonds is 8. The molecule has 0 amide bonds. The van der Waals surface area contributed by atoms with Gasteiger partial charge < -0.3 is 10.6 Å². The van der Waals surface area contributed by atoms with Gasteiger partial charge in [-0.25, -0.2) is 0 Å². The maximum absolute atomic E-state index is 11.9.